The van der Waals surface area contributed by atoms with Crippen LogP contribution in [0.2, 0.25) is 0 Å². The quantitative estimate of drug-likeness (QED) is 0.524. The van der Waals surface area contributed by atoms with Crippen LogP contribution in [0.5, 0.6) is 0 Å². The van der Waals surface area contributed by atoms with E-state index in [9.17, 15) is 4.79 Å². The average molecular weight is 387 g/mol. The monoisotopic (exact) mass is 387 g/mol. The van der Waals surface area contributed by atoms with Gasteiger partial charge in [-0.2, -0.15) is 0 Å². The number of furan rings is 1. The minimum atomic E-state index is -0.0827. The Morgan fingerprint density at radius 1 is 1.35 bits per heavy atom. The Morgan fingerprint density at radius 3 is 2.92 bits per heavy atom. The van der Waals surface area contributed by atoms with Gasteiger partial charge in [-0.25, -0.2) is 4.98 Å². The van der Waals surface area contributed by atoms with E-state index >= 15 is 0 Å². The number of thiophene rings is 1. The maximum absolute atomic E-state index is 12.4. The van der Waals surface area contributed by atoms with Gasteiger partial charge in [0.1, 0.15) is 10.7 Å². The fraction of sp³-hybridized carbons (Fsp3) is 0.294. The van der Waals surface area contributed by atoms with Crippen molar-refractivity contribution in [2.75, 3.05) is 0 Å². The highest BCUT2D eigenvalue weighted by atomic mass is 32.2. The smallest absolute Gasteiger partial charge is 0.259 e. The van der Waals surface area contributed by atoms with Crippen molar-refractivity contribution in [3.05, 3.63) is 45.0 Å². The molecule has 0 amide bonds. The van der Waals surface area contributed by atoms with Gasteiger partial charge in [0.2, 0.25) is 0 Å². The average Bonchev–Trinajstić information content (AvgIpc) is 3.32. The van der Waals surface area contributed by atoms with E-state index in [-0.39, 0.29) is 5.56 Å². The van der Waals surface area contributed by atoms with E-state index in [4.69, 9.17) is 4.42 Å². The largest absolute Gasteiger partial charge is 0.461 e. The van der Waals surface area contributed by atoms with Crippen molar-refractivity contribution in [3.63, 3.8) is 0 Å². The Balaban J connectivity index is 1.62. The molecule has 0 radical (unpaired) electrons. The number of nitrogens with one attached hydrogen (secondary N) is 1. The molecule has 4 heterocycles. The van der Waals surface area contributed by atoms with Gasteiger partial charge in [0, 0.05) is 11.4 Å². The molecule has 0 aromatic carbocycles. The van der Waals surface area contributed by atoms with Crippen LogP contribution < -0.4 is 5.56 Å². The second-order valence-electron chi connectivity index (χ2n) is 5.79. The summed E-state index contributed by atoms with van der Waals surface area (Å²) >= 11 is 3.04. The zero-order valence-corrected chi connectivity index (χ0v) is 16.2. The molecule has 0 atom stereocenters. The summed E-state index contributed by atoms with van der Waals surface area (Å²) in [4.78, 5) is 21.8. The summed E-state index contributed by atoms with van der Waals surface area (Å²) in [5, 5.41) is 9.95. The maximum atomic E-state index is 12.4. The summed E-state index contributed by atoms with van der Waals surface area (Å²) in [5.41, 5.74) is 0.924. The summed E-state index contributed by atoms with van der Waals surface area (Å²) in [6.07, 6.45) is 1.62. The number of H-pyrrole nitrogens is 1. The molecular formula is C17H17N5O2S2. The predicted octanol–water partition coefficient (Wildman–Crippen LogP) is 3.77. The number of rotatable bonds is 5. The molecule has 0 fully saturated rings. The second kappa shape index (κ2) is 6.73. The number of aryl methyl sites for hydroxylation is 2. The Hall–Kier alpha value is -2.39. The number of hydrogen-bond acceptors (Lipinski definition) is 7. The lowest BCUT2D eigenvalue weighted by molar-refractivity contribution is 0.567. The van der Waals surface area contributed by atoms with Crippen molar-refractivity contribution in [1.29, 1.82) is 0 Å². The first-order valence-electron chi connectivity index (χ1n) is 8.17. The van der Waals surface area contributed by atoms with Crippen molar-refractivity contribution < 1.29 is 4.42 Å². The molecule has 26 heavy (non-hydrogen) atoms. The fourth-order valence-electron chi connectivity index (χ4n) is 2.77. The lowest BCUT2D eigenvalue weighted by Gasteiger charge is -2.05. The number of thioether (sulfide) groups is 1. The first-order chi connectivity index (χ1) is 12.6. The first kappa shape index (κ1) is 17.0. The summed E-state index contributed by atoms with van der Waals surface area (Å²) in [5.74, 6) is 2.53. The Kier molecular flexibility index (Phi) is 4.41. The zero-order chi connectivity index (χ0) is 18.3. The van der Waals surface area contributed by atoms with E-state index in [1.807, 2.05) is 37.5 Å². The van der Waals surface area contributed by atoms with Crippen molar-refractivity contribution in [1.82, 2.24) is 24.7 Å². The van der Waals surface area contributed by atoms with Gasteiger partial charge in [0.25, 0.3) is 5.56 Å². The van der Waals surface area contributed by atoms with Gasteiger partial charge >= 0.3 is 0 Å². The van der Waals surface area contributed by atoms with Crippen molar-refractivity contribution in [3.8, 4) is 11.6 Å². The van der Waals surface area contributed by atoms with E-state index in [2.05, 4.69) is 20.2 Å². The number of aromatic amines is 1. The van der Waals surface area contributed by atoms with Crippen LogP contribution >= 0.6 is 23.1 Å². The standard InChI is InChI=1S/C17H17N5O2S2/c1-4-22-14(11-6-5-7-24-11)20-21-17(22)25-8-12-18-15(23)13-9(2)10(3)26-16(13)19-12/h5-7H,4,8H2,1-3H3,(H,18,19,23). The number of nitrogens with zero attached hydrogens (tertiary/aromatic N) is 4. The molecule has 0 unspecified atom stereocenters. The van der Waals surface area contributed by atoms with Crippen molar-refractivity contribution >= 4 is 33.3 Å². The minimum absolute atomic E-state index is 0.0827. The van der Waals surface area contributed by atoms with E-state index in [0.29, 0.717) is 28.5 Å². The molecule has 0 saturated heterocycles. The lowest BCUT2D eigenvalue weighted by Crippen LogP contribution is -2.11. The van der Waals surface area contributed by atoms with E-state index in [1.54, 1.807) is 17.6 Å². The molecule has 4 rings (SSSR count). The second-order valence-corrected chi connectivity index (χ2v) is 7.94. The van der Waals surface area contributed by atoms with Gasteiger partial charge in [0.15, 0.2) is 16.7 Å². The minimum Gasteiger partial charge on any atom is -0.461 e. The van der Waals surface area contributed by atoms with Crippen molar-refractivity contribution in [2.24, 2.45) is 0 Å². The third-order valence-corrected chi connectivity index (χ3v) is 6.28. The number of aromatic nitrogens is 5. The fourth-order valence-corrected chi connectivity index (χ4v) is 4.69. The van der Waals surface area contributed by atoms with Crippen LogP contribution in [0.1, 0.15) is 23.2 Å². The molecule has 0 aliphatic rings. The molecule has 0 aliphatic heterocycles. The zero-order valence-electron chi connectivity index (χ0n) is 14.6. The summed E-state index contributed by atoms with van der Waals surface area (Å²) in [7, 11) is 0. The SMILES string of the molecule is CCn1c(SCc2nc3sc(C)c(C)c3c(=O)[nH]2)nnc1-c1ccco1. The maximum Gasteiger partial charge on any atom is 0.259 e. The van der Waals surface area contributed by atoms with Crippen LogP contribution in [0.4, 0.5) is 0 Å². The van der Waals surface area contributed by atoms with E-state index in [1.165, 1.54) is 11.8 Å². The summed E-state index contributed by atoms with van der Waals surface area (Å²) in [6, 6.07) is 3.69. The molecule has 1 N–H and O–H groups in total. The summed E-state index contributed by atoms with van der Waals surface area (Å²) in [6.45, 7) is 6.72. The van der Waals surface area contributed by atoms with Gasteiger partial charge < -0.3 is 9.40 Å². The number of hydrogen-bond donors (Lipinski definition) is 1. The molecule has 7 nitrogen and oxygen atoms in total. The molecule has 0 bridgehead atoms. The molecule has 0 saturated carbocycles. The highest BCUT2D eigenvalue weighted by Crippen LogP contribution is 2.28. The van der Waals surface area contributed by atoms with E-state index < -0.39 is 0 Å². The third kappa shape index (κ3) is 2.86. The highest BCUT2D eigenvalue weighted by molar-refractivity contribution is 7.98. The van der Waals surface area contributed by atoms with Crippen LogP contribution in [0.15, 0.2) is 32.8 Å². The Labute approximate surface area is 157 Å². The molecular weight excluding hydrogens is 370 g/mol. The van der Waals surface area contributed by atoms with Crippen molar-refractivity contribution in [2.45, 2.75) is 38.2 Å². The topological polar surface area (TPSA) is 89.6 Å². The Bertz CT molecular complexity index is 1120. The van der Waals surface area contributed by atoms with Crippen LogP contribution in [0, 0.1) is 13.8 Å². The third-order valence-electron chi connectivity index (χ3n) is 4.20. The molecule has 4 aromatic heterocycles. The predicted molar refractivity (Wildman–Crippen MR) is 103 cm³/mol. The van der Waals surface area contributed by atoms with E-state index in [0.717, 1.165) is 27.0 Å². The normalized spacial score (nSPS) is 11.5. The van der Waals surface area contributed by atoms with Gasteiger partial charge in [-0.3, -0.25) is 9.36 Å². The number of fused-ring (bicyclic) bond motifs is 1. The van der Waals surface area contributed by atoms with Crippen LogP contribution in [-0.4, -0.2) is 24.7 Å². The van der Waals surface area contributed by atoms with Crippen LogP contribution in [0.25, 0.3) is 21.8 Å². The highest BCUT2D eigenvalue weighted by Gasteiger charge is 2.16. The van der Waals surface area contributed by atoms with Gasteiger partial charge in [-0.15, -0.1) is 21.5 Å². The molecule has 0 aliphatic carbocycles. The van der Waals surface area contributed by atoms with Crippen LogP contribution in [0.3, 0.4) is 0 Å². The molecule has 9 heteroatoms. The first-order valence-corrected chi connectivity index (χ1v) is 9.97. The molecule has 0 spiro atoms. The summed E-state index contributed by atoms with van der Waals surface area (Å²) < 4.78 is 7.41. The molecule has 134 valence electrons. The van der Waals surface area contributed by atoms with Crippen LogP contribution in [-0.2, 0) is 12.3 Å². The lowest BCUT2D eigenvalue weighted by atomic mass is 10.2. The van der Waals surface area contributed by atoms with Gasteiger partial charge in [0.05, 0.1) is 17.4 Å². The van der Waals surface area contributed by atoms with Gasteiger partial charge in [-0.1, -0.05) is 11.8 Å². The van der Waals surface area contributed by atoms with Gasteiger partial charge in [-0.05, 0) is 38.5 Å². The Morgan fingerprint density at radius 2 is 2.19 bits per heavy atom. The molecule has 4 aromatic rings.